The van der Waals surface area contributed by atoms with Gasteiger partial charge in [-0.05, 0) is 86.4 Å². The van der Waals surface area contributed by atoms with Gasteiger partial charge < -0.3 is 15.0 Å². The molecule has 3 fully saturated rings. The van der Waals surface area contributed by atoms with Crippen LogP contribution < -0.4 is 5.32 Å². The van der Waals surface area contributed by atoms with Gasteiger partial charge in [-0.2, -0.15) is 0 Å². The maximum absolute atomic E-state index is 12.7. The van der Waals surface area contributed by atoms with Crippen LogP contribution in [0.1, 0.15) is 61.8 Å². The predicted octanol–water partition coefficient (Wildman–Crippen LogP) is 4.76. The molecule has 39 heavy (non-hydrogen) atoms. The predicted molar refractivity (Wildman–Crippen MR) is 153 cm³/mol. The Bertz CT molecular complexity index is 1340. The molecule has 208 valence electrons. The third-order valence-corrected chi connectivity index (χ3v) is 10.8. The number of aromatic amines is 1. The maximum Gasteiger partial charge on any atom is 0.181 e. The van der Waals surface area contributed by atoms with Crippen molar-refractivity contribution in [2.45, 2.75) is 67.7 Å². The number of nitrogens with one attached hydrogen (secondary N) is 2. The Labute approximate surface area is 232 Å². The summed E-state index contributed by atoms with van der Waals surface area (Å²) in [5.41, 5.74) is 5.48. The van der Waals surface area contributed by atoms with Crippen LogP contribution in [0, 0.1) is 5.92 Å². The van der Waals surface area contributed by atoms with E-state index in [9.17, 15) is 8.42 Å². The number of benzene rings is 1. The number of piperazine rings is 1. The van der Waals surface area contributed by atoms with Crippen LogP contribution in [0.25, 0.3) is 11.4 Å². The molecule has 8 heteroatoms. The van der Waals surface area contributed by atoms with Gasteiger partial charge in [0.1, 0.15) is 0 Å². The van der Waals surface area contributed by atoms with E-state index in [-0.39, 0.29) is 11.2 Å². The van der Waals surface area contributed by atoms with E-state index in [0.29, 0.717) is 16.9 Å². The quantitative estimate of drug-likeness (QED) is 0.401. The summed E-state index contributed by atoms with van der Waals surface area (Å²) in [6.07, 6.45) is 6.70. The van der Waals surface area contributed by atoms with Crippen molar-refractivity contribution in [2.24, 2.45) is 5.92 Å². The topological polar surface area (TPSA) is 87.3 Å². The molecule has 4 heterocycles. The van der Waals surface area contributed by atoms with Crippen molar-refractivity contribution in [3.63, 3.8) is 0 Å². The molecule has 6 rings (SSSR count). The van der Waals surface area contributed by atoms with Crippen molar-refractivity contribution < 1.29 is 13.2 Å². The molecule has 1 saturated carbocycles. The van der Waals surface area contributed by atoms with E-state index in [1.807, 2.05) is 30.5 Å². The number of pyridine rings is 1. The molecule has 0 radical (unpaired) electrons. The van der Waals surface area contributed by atoms with Gasteiger partial charge in [0.2, 0.25) is 0 Å². The average Bonchev–Trinajstić information content (AvgIpc) is 3.71. The summed E-state index contributed by atoms with van der Waals surface area (Å²) >= 11 is 0. The summed E-state index contributed by atoms with van der Waals surface area (Å²) in [5.74, 6) is 0.740. The molecule has 2 saturated heterocycles. The Kier molecular flexibility index (Phi) is 7.89. The van der Waals surface area contributed by atoms with Crippen LogP contribution in [0.3, 0.4) is 0 Å². The van der Waals surface area contributed by atoms with Crippen LogP contribution in [-0.4, -0.2) is 67.4 Å². The Morgan fingerprint density at radius 2 is 1.82 bits per heavy atom. The first-order valence-electron chi connectivity index (χ1n) is 14.5. The van der Waals surface area contributed by atoms with Crippen LogP contribution in [-0.2, 0) is 21.1 Å². The van der Waals surface area contributed by atoms with Gasteiger partial charge in [0.25, 0.3) is 0 Å². The van der Waals surface area contributed by atoms with Crippen molar-refractivity contribution in [3.05, 3.63) is 71.5 Å². The molecule has 2 N–H and O–H groups in total. The average molecular weight is 549 g/mol. The first kappa shape index (κ1) is 26.7. The van der Waals surface area contributed by atoms with Crippen LogP contribution in [0.4, 0.5) is 0 Å². The summed E-state index contributed by atoms with van der Waals surface area (Å²) in [4.78, 5) is 11.4. The second kappa shape index (κ2) is 11.5. The summed E-state index contributed by atoms with van der Waals surface area (Å²) < 4.78 is 31.1. The minimum atomic E-state index is -3.19. The first-order chi connectivity index (χ1) is 19.0. The fourth-order valence-electron chi connectivity index (χ4n) is 6.07. The van der Waals surface area contributed by atoms with Gasteiger partial charge in [-0.15, -0.1) is 0 Å². The zero-order valence-electron chi connectivity index (χ0n) is 22.8. The summed E-state index contributed by atoms with van der Waals surface area (Å²) in [6, 6.07) is 16.8. The summed E-state index contributed by atoms with van der Waals surface area (Å²) in [6.45, 7) is 7.94. The molecule has 2 aliphatic heterocycles. The fraction of sp³-hybridized carbons (Fsp3) is 0.516. The number of ether oxygens (including phenoxy) is 1. The lowest BCUT2D eigenvalue weighted by Gasteiger charge is -2.31. The Hall–Kier alpha value is -2.52. The molecule has 1 aromatic carbocycles. The van der Waals surface area contributed by atoms with E-state index in [1.54, 1.807) is 0 Å². The molecule has 3 aromatic rings. The molecule has 2 aromatic heterocycles. The number of hydrogen-bond donors (Lipinski definition) is 2. The van der Waals surface area contributed by atoms with Gasteiger partial charge in [0.15, 0.2) is 9.84 Å². The van der Waals surface area contributed by atoms with E-state index in [2.05, 4.69) is 46.4 Å². The number of aromatic nitrogens is 2. The lowest BCUT2D eigenvalue weighted by molar-refractivity contribution is 0.0626. The van der Waals surface area contributed by atoms with Crippen LogP contribution in [0.2, 0.25) is 0 Å². The normalized spacial score (nSPS) is 22.1. The van der Waals surface area contributed by atoms with Crippen LogP contribution in [0.15, 0.2) is 59.6 Å². The second-order valence-electron chi connectivity index (χ2n) is 11.6. The molecule has 0 amide bonds. The lowest BCUT2D eigenvalue weighted by Crippen LogP contribution is -2.48. The van der Waals surface area contributed by atoms with Crippen molar-refractivity contribution in [3.8, 4) is 11.4 Å². The monoisotopic (exact) mass is 548 g/mol. The standard InChI is InChI=1S/C31H40N4O3S/c1-22-20-35(15-14-32-22)21-24-2-9-30(33-19-24)31-11-10-29(34-31)28(18-23-12-16-38-17-13-23)25-3-5-26(6-4-25)39(36,37)27-7-8-27/h2-6,9-11,19,22-23,27-28,32,34H,7-8,12-18,20-21H2,1H3/t22-,28?/m0/s1. The zero-order chi connectivity index (χ0) is 26.8. The summed E-state index contributed by atoms with van der Waals surface area (Å²) in [7, 11) is -3.19. The first-order valence-corrected chi connectivity index (χ1v) is 16.0. The minimum Gasteiger partial charge on any atom is -0.381 e. The van der Waals surface area contributed by atoms with E-state index in [1.165, 1.54) is 5.56 Å². The van der Waals surface area contributed by atoms with Crippen molar-refractivity contribution in [1.82, 2.24) is 20.2 Å². The van der Waals surface area contributed by atoms with Crippen molar-refractivity contribution in [1.29, 1.82) is 0 Å². The second-order valence-corrected chi connectivity index (χ2v) is 13.9. The smallest absolute Gasteiger partial charge is 0.181 e. The molecule has 3 aliphatic rings. The summed E-state index contributed by atoms with van der Waals surface area (Å²) in [5, 5.41) is 3.31. The lowest BCUT2D eigenvalue weighted by atomic mass is 9.83. The highest BCUT2D eigenvalue weighted by molar-refractivity contribution is 7.92. The highest BCUT2D eigenvalue weighted by Gasteiger charge is 2.37. The molecule has 1 unspecified atom stereocenters. The largest absolute Gasteiger partial charge is 0.381 e. The minimum absolute atomic E-state index is 0.161. The van der Waals surface area contributed by atoms with Gasteiger partial charge >= 0.3 is 0 Å². The van der Waals surface area contributed by atoms with E-state index in [0.717, 1.165) is 94.1 Å². The van der Waals surface area contributed by atoms with Crippen molar-refractivity contribution in [2.75, 3.05) is 32.8 Å². The van der Waals surface area contributed by atoms with Gasteiger partial charge in [0.05, 0.1) is 21.5 Å². The van der Waals surface area contributed by atoms with E-state index < -0.39 is 9.84 Å². The molecule has 1 aliphatic carbocycles. The van der Waals surface area contributed by atoms with Crippen LogP contribution >= 0.6 is 0 Å². The zero-order valence-corrected chi connectivity index (χ0v) is 23.6. The number of rotatable bonds is 9. The Morgan fingerprint density at radius 3 is 2.51 bits per heavy atom. The van der Waals surface area contributed by atoms with Crippen molar-refractivity contribution >= 4 is 9.84 Å². The fourth-order valence-corrected chi connectivity index (χ4v) is 7.73. The SMILES string of the molecule is C[C@H]1CN(Cc2ccc(-c3ccc(C(CC4CCOCC4)c4ccc(S(=O)(=O)C5CC5)cc4)[nH]3)nc2)CCN1. The number of hydrogen-bond acceptors (Lipinski definition) is 6. The van der Waals surface area contributed by atoms with Crippen LogP contribution in [0.5, 0.6) is 0 Å². The highest BCUT2D eigenvalue weighted by Crippen LogP contribution is 2.37. The Balaban J connectivity index is 1.21. The van der Waals surface area contributed by atoms with Gasteiger partial charge in [0, 0.05) is 63.2 Å². The Morgan fingerprint density at radius 1 is 1.03 bits per heavy atom. The van der Waals surface area contributed by atoms with Gasteiger partial charge in [-0.25, -0.2) is 8.42 Å². The highest BCUT2D eigenvalue weighted by atomic mass is 32.2. The third kappa shape index (κ3) is 6.30. The number of H-pyrrole nitrogens is 1. The molecular formula is C31H40N4O3S. The molecule has 0 bridgehead atoms. The molecule has 7 nitrogen and oxygen atoms in total. The third-order valence-electron chi connectivity index (χ3n) is 8.53. The molecule has 0 spiro atoms. The number of sulfone groups is 1. The maximum atomic E-state index is 12.7. The van der Waals surface area contributed by atoms with Gasteiger partial charge in [-0.3, -0.25) is 9.88 Å². The number of nitrogens with zero attached hydrogens (tertiary/aromatic N) is 2. The molecular weight excluding hydrogens is 508 g/mol. The van der Waals surface area contributed by atoms with E-state index >= 15 is 0 Å². The van der Waals surface area contributed by atoms with Gasteiger partial charge in [-0.1, -0.05) is 18.2 Å². The van der Waals surface area contributed by atoms with E-state index in [4.69, 9.17) is 9.72 Å². The molecule has 2 atom stereocenters.